The number of benzene rings is 1. The van der Waals surface area contributed by atoms with Crippen molar-refractivity contribution >= 4 is 34.5 Å². The molecule has 2 aromatic heterocycles. The minimum atomic E-state index is -1.25. The van der Waals surface area contributed by atoms with Crippen molar-refractivity contribution in [3.8, 4) is 0 Å². The second-order valence-electron chi connectivity index (χ2n) is 7.76. The highest BCUT2D eigenvalue weighted by Crippen LogP contribution is 2.38. The second-order valence-corrected chi connectivity index (χ2v) is 8.17. The Labute approximate surface area is 180 Å². The lowest BCUT2D eigenvalue weighted by molar-refractivity contribution is 0.355. The molecule has 162 valence electrons. The molecule has 5 rings (SSSR count). The summed E-state index contributed by atoms with van der Waals surface area (Å²) in [5.74, 6) is -1.73. The predicted octanol–water partition coefficient (Wildman–Crippen LogP) is 3.88. The number of anilines is 2. The molecule has 1 saturated heterocycles. The van der Waals surface area contributed by atoms with Crippen LogP contribution in [-0.4, -0.2) is 38.5 Å². The Morgan fingerprint density at radius 1 is 1.16 bits per heavy atom. The fourth-order valence-corrected chi connectivity index (χ4v) is 4.09. The summed E-state index contributed by atoms with van der Waals surface area (Å²) < 4.78 is 58.1. The highest BCUT2D eigenvalue weighted by atomic mass is 32.1. The van der Waals surface area contributed by atoms with Gasteiger partial charge in [0.05, 0.1) is 12.6 Å². The first-order chi connectivity index (χ1) is 14.9. The van der Waals surface area contributed by atoms with Crippen molar-refractivity contribution in [2.75, 3.05) is 16.8 Å². The number of alkyl halides is 1. The molecular weight excluding hydrogens is 432 g/mol. The molecule has 0 radical (unpaired) electrons. The van der Waals surface area contributed by atoms with Crippen molar-refractivity contribution in [1.29, 1.82) is 0 Å². The van der Waals surface area contributed by atoms with Gasteiger partial charge in [0.2, 0.25) is 0 Å². The van der Waals surface area contributed by atoms with Crippen LogP contribution in [0.4, 0.5) is 29.1 Å². The predicted molar refractivity (Wildman–Crippen MR) is 111 cm³/mol. The van der Waals surface area contributed by atoms with E-state index in [1.165, 1.54) is 16.8 Å². The Bertz CT molecular complexity index is 1160. The third-order valence-corrected chi connectivity index (χ3v) is 5.66. The normalized spacial score (nSPS) is 21.0. The number of halogens is 4. The van der Waals surface area contributed by atoms with Crippen LogP contribution in [0.3, 0.4) is 0 Å². The van der Waals surface area contributed by atoms with Crippen LogP contribution in [0, 0.1) is 17.6 Å². The van der Waals surface area contributed by atoms with E-state index in [1.54, 1.807) is 4.90 Å². The Hall–Kier alpha value is -2.95. The van der Waals surface area contributed by atoms with Crippen LogP contribution in [0.2, 0.25) is 0 Å². The highest BCUT2D eigenvalue weighted by molar-refractivity contribution is 7.80. The smallest absolute Gasteiger partial charge is 0.258 e. The molecule has 0 spiro atoms. The summed E-state index contributed by atoms with van der Waals surface area (Å²) in [6.45, 7) is -0.0508. The van der Waals surface area contributed by atoms with Gasteiger partial charge in [-0.15, -0.1) is 5.10 Å². The summed E-state index contributed by atoms with van der Waals surface area (Å²) >= 11 is 5.21. The quantitative estimate of drug-likeness (QED) is 0.465. The zero-order chi connectivity index (χ0) is 21.7. The number of thiocarbonyl (C=S) groups is 1. The van der Waals surface area contributed by atoms with E-state index in [0.29, 0.717) is 5.82 Å². The molecule has 2 aliphatic rings. The summed E-state index contributed by atoms with van der Waals surface area (Å²) in [5, 5.41) is 9.88. The van der Waals surface area contributed by atoms with Crippen LogP contribution in [0.15, 0.2) is 30.5 Å². The van der Waals surface area contributed by atoms with Crippen molar-refractivity contribution in [3.63, 3.8) is 0 Å². The number of hydrogen-bond donors (Lipinski definition) is 2. The molecule has 0 unspecified atom stereocenters. The minimum absolute atomic E-state index is 0.00974. The standard InChI is InChI=1S/C20H18F4N6S/c21-10-1-4-14(23)13(7-10)15-8-11(22)9-29(15)16-5-6-30-19(26-16)17(18(24)28-30)27-20(31)25-12-2-3-12/h1,4-7,11-12,15H,2-3,8-9H2,(H2,25,27,31)/t11-,15-/m1/s1. The average Bonchev–Trinajstić information content (AvgIpc) is 3.38. The van der Waals surface area contributed by atoms with Gasteiger partial charge >= 0.3 is 0 Å². The fraction of sp³-hybridized carbons (Fsp3) is 0.350. The Kier molecular flexibility index (Phi) is 4.92. The number of hydrogen-bond acceptors (Lipinski definition) is 4. The maximum atomic E-state index is 14.4. The zero-order valence-corrected chi connectivity index (χ0v) is 17.0. The van der Waals surface area contributed by atoms with E-state index >= 15 is 0 Å². The molecule has 3 aromatic rings. The molecule has 31 heavy (non-hydrogen) atoms. The van der Waals surface area contributed by atoms with E-state index in [1.807, 2.05) is 0 Å². The number of nitrogens with zero attached hydrogens (tertiary/aromatic N) is 4. The lowest BCUT2D eigenvalue weighted by Crippen LogP contribution is -2.30. The van der Waals surface area contributed by atoms with Crippen molar-refractivity contribution < 1.29 is 17.6 Å². The van der Waals surface area contributed by atoms with Crippen molar-refractivity contribution in [3.05, 3.63) is 53.6 Å². The molecule has 11 heteroatoms. The van der Waals surface area contributed by atoms with Crippen LogP contribution in [-0.2, 0) is 0 Å². The van der Waals surface area contributed by atoms with Crippen LogP contribution in [0.1, 0.15) is 30.9 Å². The van der Waals surface area contributed by atoms with Gasteiger partial charge in [0.25, 0.3) is 5.95 Å². The van der Waals surface area contributed by atoms with Gasteiger partial charge in [0, 0.05) is 24.2 Å². The zero-order valence-electron chi connectivity index (χ0n) is 16.2. The Morgan fingerprint density at radius 3 is 2.74 bits per heavy atom. The largest absolute Gasteiger partial charge is 0.360 e. The van der Waals surface area contributed by atoms with Gasteiger partial charge in [0.15, 0.2) is 10.8 Å². The summed E-state index contributed by atoms with van der Waals surface area (Å²) in [5.41, 5.74) is 0.190. The van der Waals surface area contributed by atoms with E-state index in [9.17, 15) is 17.6 Å². The van der Waals surface area contributed by atoms with Crippen LogP contribution < -0.4 is 15.5 Å². The minimum Gasteiger partial charge on any atom is -0.360 e. The van der Waals surface area contributed by atoms with Crippen LogP contribution >= 0.6 is 12.2 Å². The molecular formula is C20H18F4N6S. The first-order valence-corrected chi connectivity index (χ1v) is 10.3. The molecule has 0 amide bonds. The number of fused-ring (bicyclic) bond motifs is 1. The topological polar surface area (TPSA) is 57.5 Å². The Morgan fingerprint density at radius 2 is 1.97 bits per heavy atom. The number of aromatic nitrogens is 3. The van der Waals surface area contributed by atoms with Gasteiger partial charge < -0.3 is 15.5 Å². The highest BCUT2D eigenvalue weighted by Gasteiger charge is 2.36. The van der Waals surface area contributed by atoms with Gasteiger partial charge in [-0.3, -0.25) is 0 Å². The second kappa shape index (κ2) is 7.63. The van der Waals surface area contributed by atoms with Gasteiger partial charge in [-0.05, 0) is 49.3 Å². The summed E-state index contributed by atoms with van der Waals surface area (Å²) in [6, 6.07) is 4.17. The van der Waals surface area contributed by atoms with E-state index in [4.69, 9.17) is 12.2 Å². The maximum absolute atomic E-state index is 14.4. The molecule has 6 nitrogen and oxygen atoms in total. The van der Waals surface area contributed by atoms with Crippen molar-refractivity contribution in [2.45, 2.75) is 37.5 Å². The third-order valence-electron chi connectivity index (χ3n) is 5.44. The average molecular weight is 450 g/mol. The molecule has 1 aromatic carbocycles. The van der Waals surface area contributed by atoms with Crippen LogP contribution in [0.5, 0.6) is 0 Å². The van der Waals surface area contributed by atoms with E-state index in [0.717, 1.165) is 31.0 Å². The third kappa shape index (κ3) is 3.89. The Balaban J connectivity index is 1.50. The summed E-state index contributed by atoms with van der Waals surface area (Å²) in [4.78, 5) is 6.00. The molecule has 0 bridgehead atoms. The molecule has 2 fully saturated rings. The van der Waals surface area contributed by atoms with Gasteiger partial charge in [-0.1, -0.05) is 0 Å². The van der Waals surface area contributed by atoms with Gasteiger partial charge in [-0.25, -0.2) is 22.7 Å². The van der Waals surface area contributed by atoms with Crippen molar-refractivity contribution in [2.24, 2.45) is 0 Å². The van der Waals surface area contributed by atoms with Crippen LogP contribution in [0.25, 0.3) is 5.65 Å². The molecule has 2 N–H and O–H groups in total. The molecule has 3 heterocycles. The van der Waals surface area contributed by atoms with E-state index < -0.39 is 29.8 Å². The van der Waals surface area contributed by atoms with Crippen molar-refractivity contribution in [1.82, 2.24) is 19.9 Å². The van der Waals surface area contributed by atoms with Gasteiger partial charge in [-0.2, -0.15) is 4.39 Å². The first kappa shape index (κ1) is 20.0. The lowest BCUT2D eigenvalue weighted by Gasteiger charge is -2.26. The molecule has 1 saturated carbocycles. The molecule has 1 aliphatic heterocycles. The van der Waals surface area contributed by atoms with E-state index in [2.05, 4.69) is 20.7 Å². The molecule has 1 aliphatic carbocycles. The summed E-state index contributed by atoms with van der Waals surface area (Å²) in [6.07, 6.45) is 2.22. The SMILES string of the molecule is Fc1ccc(F)c([C@H]2C[C@@H](F)CN2c2ccn3nc(F)c(NC(=S)NC4CC4)c3n2)c1. The van der Waals surface area contributed by atoms with Gasteiger partial charge in [0.1, 0.15) is 29.3 Å². The summed E-state index contributed by atoms with van der Waals surface area (Å²) in [7, 11) is 0. The van der Waals surface area contributed by atoms with E-state index in [-0.39, 0.29) is 41.0 Å². The number of nitrogens with one attached hydrogen (secondary N) is 2. The first-order valence-electron chi connectivity index (χ1n) is 9.87. The fourth-order valence-electron chi connectivity index (χ4n) is 3.83. The number of rotatable bonds is 4. The molecule has 2 atom stereocenters. The lowest BCUT2D eigenvalue weighted by atomic mass is 10.0. The monoisotopic (exact) mass is 450 g/mol. The maximum Gasteiger partial charge on any atom is 0.258 e.